The van der Waals surface area contributed by atoms with Gasteiger partial charge in [0, 0.05) is 25.7 Å². The molecule has 1 saturated heterocycles. The molecule has 2 rings (SSSR count). The molecule has 6 nitrogen and oxygen atoms in total. The van der Waals surface area contributed by atoms with E-state index < -0.39 is 10.0 Å². The zero-order chi connectivity index (χ0) is 21.5. The quantitative estimate of drug-likeness (QED) is 0.523. The van der Waals surface area contributed by atoms with Crippen molar-refractivity contribution in [3.05, 3.63) is 35.4 Å². The van der Waals surface area contributed by atoms with Gasteiger partial charge in [-0.25, -0.2) is 17.7 Å². The molecular formula is C22H38N4O2S. The lowest BCUT2D eigenvalue weighted by molar-refractivity contribution is 0.306. The van der Waals surface area contributed by atoms with E-state index in [0.717, 1.165) is 25.3 Å². The molecule has 1 fully saturated rings. The molecule has 0 unspecified atom stereocenters. The zero-order valence-electron chi connectivity index (χ0n) is 18.7. The predicted octanol–water partition coefficient (Wildman–Crippen LogP) is 3.24. The number of benzene rings is 1. The van der Waals surface area contributed by atoms with Crippen LogP contribution in [0.25, 0.3) is 0 Å². The van der Waals surface area contributed by atoms with Crippen LogP contribution in [0.1, 0.15) is 65.0 Å². The Kier molecular flexibility index (Phi) is 8.52. The minimum Gasteiger partial charge on any atom is -0.357 e. The van der Waals surface area contributed by atoms with Crippen molar-refractivity contribution in [2.24, 2.45) is 4.99 Å². The van der Waals surface area contributed by atoms with Gasteiger partial charge in [0.25, 0.3) is 0 Å². The van der Waals surface area contributed by atoms with Crippen molar-refractivity contribution in [2.45, 2.75) is 71.9 Å². The van der Waals surface area contributed by atoms with Gasteiger partial charge in [-0.2, -0.15) is 0 Å². The van der Waals surface area contributed by atoms with Crippen molar-refractivity contribution in [2.75, 3.05) is 25.4 Å². The van der Waals surface area contributed by atoms with Crippen LogP contribution < -0.4 is 10.6 Å². The van der Waals surface area contributed by atoms with Crippen molar-refractivity contribution >= 4 is 16.0 Å². The second-order valence-electron chi connectivity index (χ2n) is 8.78. The Morgan fingerprint density at radius 2 is 1.76 bits per heavy atom. The molecule has 0 atom stereocenters. The molecular weight excluding hydrogens is 384 g/mol. The molecule has 0 radical (unpaired) electrons. The predicted molar refractivity (Wildman–Crippen MR) is 122 cm³/mol. The molecule has 29 heavy (non-hydrogen) atoms. The van der Waals surface area contributed by atoms with E-state index in [1.54, 1.807) is 4.31 Å². The van der Waals surface area contributed by atoms with Crippen LogP contribution >= 0.6 is 0 Å². The van der Waals surface area contributed by atoms with Crippen molar-refractivity contribution in [3.8, 4) is 0 Å². The van der Waals surface area contributed by atoms with Crippen LogP contribution in [0.5, 0.6) is 0 Å². The third-order valence-corrected chi connectivity index (χ3v) is 7.31. The first-order valence-electron chi connectivity index (χ1n) is 10.8. The number of hydrogen-bond donors (Lipinski definition) is 2. The highest BCUT2D eigenvalue weighted by Crippen LogP contribution is 2.22. The van der Waals surface area contributed by atoms with Crippen LogP contribution in [0.15, 0.2) is 29.3 Å². The highest BCUT2D eigenvalue weighted by atomic mass is 32.2. The molecule has 1 aromatic rings. The molecule has 0 amide bonds. The molecule has 7 heteroatoms. The fourth-order valence-corrected chi connectivity index (χ4v) is 5.00. The maximum absolute atomic E-state index is 12.2. The molecule has 1 aliphatic rings. The molecule has 2 N–H and O–H groups in total. The van der Waals surface area contributed by atoms with E-state index >= 15 is 0 Å². The number of nitrogens with zero attached hydrogens (tertiary/aromatic N) is 2. The third kappa shape index (κ3) is 7.30. The molecule has 1 aromatic carbocycles. The summed E-state index contributed by atoms with van der Waals surface area (Å²) in [4.78, 5) is 4.73. The van der Waals surface area contributed by atoms with Gasteiger partial charge in [0.2, 0.25) is 10.0 Å². The standard InChI is InChI=1S/C22H38N4O2S/c1-6-16-29(27,28)26-14-12-20(13-15-26)25-21(23-7-2)24-17-18-8-10-19(11-9-18)22(3,4)5/h8-11,20H,6-7,12-17H2,1-5H3,(H2,23,24,25). The summed E-state index contributed by atoms with van der Waals surface area (Å²) in [5, 5.41) is 6.79. The van der Waals surface area contributed by atoms with Crippen molar-refractivity contribution < 1.29 is 8.42 Å². The third-order valence-electron chi connectivity index (χ3n) is 5.23. The van der Waals surface area contributed by atoms with E-state index in [4.69, 9.17) is 4.99 Å². The Morgan fingerprint density at radius 1 is 1.14 bits per heavy atom. The van der Waals surface area contributed by atoms with Gasteiger partial charge in [0.05, 0.1) is 12.3 Å². The second kappa shape index (κ2) is 10.4. The number of guanidine groups is 1. The Bertz CT molecular complexity index is 759. The number of rotatable bonds is 7. The average molecular weight is 423 g/mol. The second-order valence-corrected chi connectivity index (χ2v) is 10.9. The summed E-state index contributed by atoms with van der Waals surface area (Å²) in [6.07, 6.45) is 2.26. The summed E-state index contributed by atoms with van der Waals surface area (Å²) in [5.41, 5.74) is 2.65. The van der Waals surface area contributed by atoms with E-state index in [9.17, 15) is 8.42 Å². The first-order chi connectivity index (χ1) is 13.7. The first kappa shape index (κ1) is 23.7. The highest BCUT2D eigenvalue weighted by Gasteiger charge is 2.27. The smallest absolute Gasteiger partial charge is 0.214 e. The Balaban J connectivity index is 1.93. The van der Waals surface area contributed by atoms with E-state index in [-0.39, 0.29) is 17.2 Å². The molecule has 0 aromatic heterocycles. The highest BCUT2D eigenvalue weighted by molar-refractivity contribution is 7.89. The van der Waals surface area contributed by atoms with Gasteiger partial charge in [-0.15, -0.1) is 0 Å². The summed E-state index contributed by atoms with van der Waals surface area (Å²) >= 11 is 0. The molecule has 0 saturated carbocycles. The fraction of sp³-hybridized carbons (Fsp3) is 0.682. The number of nitrogens with one attached hydrogen (secondary N) is 2. The topological polar surface area (TPSA) is 73.8 Å². The normalized spacial score (nSPS) is 17.3. The van der Waals surface area contributed by atoms with E-state index in [2.05, 4.69) is 62.6 Å². The maximum Gasteiger partial charge on any atom is 0.214 e. The van der Waals surface area contributed by atoms with Gasteiger partial charge in [-0.1, -0.05) is 52.0 Å². The van der Waals surface area contributed by atoms with Gasteiger partial charge < -0.3 is 10.6 Å². The summed E-state index contributed by atoms with van der Waals surface area (Å²) < 4.78 is 26.1. The van der Waals surface area contributed by atoms with Crippen molar-refractivity contribution in [3.63, 3.8) is 0 Å². The van der Waals surface area contributed by atoms with Gasteiger partial charge in [-0.3, -0.25) is 0 Å². The molecule has 164 valence electrons. The number of piperidine rings is 1. The largest absolute Gasteiger partial charge is 0.357 e. The van der Waals surface area contributed by atoms with Crippen molar-refractivity contribution in [1.82, 2.24) is 14.9 Å². The van der Waals surface area contributed by atoms with Gasteiger partial charge in [-0.05, 0) is 42.7 Å². The van der Waals surface area contributed by atoms with Crippen molar-refractivity contribution in [1.29, 1.82) is 0 Å². The summed E-state index contributed by atoms with van der Waals surface area (Å²) in [7, 11) is -3.10. The summed E-state index contributed by atoms with van der Waals surface area (Å²) in [5.74, 6) is 1.03. The Morgan fingerprint density at radius 3 is 2.28 bits per heavy atom. The minimum absolute atomic E-state index is 0.151. The lowest BCUT2D eigenvalue weighted by Crippen LogP contribution is -2.50. The van der Waals surface area contributed by atoms with Gasteiger partial charge in [0.15, 0.2) is 5.96 Å². The maximum atomic E-state index is 12.2. The average Bonchev–Trinajstić information content (AvgIpc) is 2.66. The van der Waals surface area contributed by atoms with Gasteiger partial charge >= 0.3 is 0 Å². The summed E-state index contributed by atoms with van der Waals surface area (Å²) in [6.45, 7) is 13.2. The lowest BCUT2D eigenvalue weighted by Gasteiger charge is -2.32. The van der Waals surface area contributed by atoms with Crippen LogP contribution in [0.4, 0.5) is 0 Å². The number of aliphatic imine (C=N–C) groups is 1. The minimum atomic E-state index is -3.10. The molecule has 0 bridgehead atoms. The first-order valence-corrected chi connectivity index (χ1v) is 12.4. The van der Waals surface area contributed by atoms with Crippen LogP contribution in [0.2, 0.25) is 0 Å². The van der Waals surface area contributed by atoms with E-state index in [0.29, 0.717) is 26.1 Å². The Hall–Kier alpha value is -1.60. The molecule has 1 aliphatic heterocycles. The monoisotopic (exact) mass is 422 g/mol. The van der Waals surface area contributed by atoms with Crippen LogP contribution in [-0.4, -0.2) is 50.1 Å². The lowest BCUT2D eigenvalue weighted by atomic mass is 9.87. The van der Waals surface area contributed by atoms with E-state index in [1.807, 2.05) is 6.92 Å². The van der Waals surface area contributed by atoms with Gasteiger partial charge in [0.1, 0.15) is 0 Å². The number of hydrogen-bond acceptors (Lipinski definition) is 3. The van der Waals surface area contributed by atoms with E-state index in [1.165, 1.54) is 11.1 Å². The zero-order valence-corrected chi connectivity index (χ0v) is 19.5. The van der Waals surface area contributed by atoms with Crippen LogP contribution in [-0.2, 0) is 22.0 Å². The molecule has 1 heterocycles. The molecule has 0 spiro atoms. The Labute approximate surface area is 177 Å². The van der Waals surface area contributed by atoms with Crippen LogP contribution in [0.3, 0.4) is 0 Å². The fourth-order valence-electron chi connectivity index (χ4n) is 3.46. The SMILES string of the molecule is CCCS(=O)(=O)N1CCC(NC(=NCc2ccc(C(C)(C)C)cc2)NCC)CC1. The molecule has 0 aliphatic carbocycles. The number of sulfonamides is 1. The summed E-state index contributed by atoms with van der Waals surface area (Å²) in [6, 6.07) is 8.88. The van der Waals surface area contributed by atoms with Crippen LogP contribution in [0, 0.1) is 0 Å².